The molecule has 3 aromatic rings. The average Bonchev–Trinajstić information content (AvgIpc) is 3.09. The van der Waals surface area contributed by atoms with Crippen molar-refractivity contribution in [2.45, 2.75) is 91.7 Å². The second kappa shape index (κ2) is 20.4. The third kappa shape index (κ3) is 14.3. The van der Waals surface area contributed by atoms with Gasteiger partial charge in [0.1, 0.15) is 0 Å². The number of hydrogen-bond donors (Lipinski definition) is 0. The number of benzene rings is 3. The van der Waals surface area contributed by atoms with E-state index in [2.05, 4.69) is 15.9 Å². The summed E-state index contributed by atoms with van der Waals surface area (Å²) in [5.74, 6) is -4.21. The predicted molar refractivity (Wildman–Crippen MR) is 195 cm³/mol. The summed E-state index contributed by atoms with van der Waals surface area (Å²) in [6.07, 6.45) is -32.8. The van der Waals surface area contributed by atoms with E-state index in [4.69, 9.17) is 0 Å². The van der Waals surface area contributed by atoms with Crippen molar-refractivity contribution in [3.63, 3.8) is 0 Å². The molecule has 0 N–H and O–H groups in total. The van der Waals surface area contributed by atoms with Crippen LogP contribution < -0.4 is 0 Å². The van der Waals surface area contributed by atoms with E-state index in [1.165, 1.54) is 60.7 Å². The van der Waals surface area contributed by atoms with Crippen LogP contribution in [0.5, 0.6) is 0 Å². The lowest BCUT2D eigenvalue weighted by molar-refractivity contribution is -0.326. The van der Waals surface area contributed by atoms with Crippen molar-refractivity contribution in [2.24, 2.45) is 16.2 Å². The second-order valence-electron chi connectivity index (χ2n) is 13.7. The Morgan fingerprint density at radius 2 is 0.717 bits per heavy atom. The molecule has 0 saturated carbocycles. The highest BCUT2D eigenvalue weighted by Gasteiger charge is 2.69. The Bertz CT molecular complexity index is 1810. The molecule has 0 aromatic heterocycles. The summed E-state index contributed by atoms with van der Waals surface area (Å²) < 4.78 is 252. The molecule has 0 saturated heterocycles. The molecule has 0 fully saturated rings. The minimum absolute atomic E-state index is 0.0255. The molecule has 0 aliphatic rings. The van der Waals surface area contributed by atoms with E-state index in [1.54, 1.807) is 26.0 Å². The van der Waals surface area contributed by atoms with Crippen LogP contribution in [0.15, 0.2) is 87.5 Å². The summed E-state index contributed by atoms with van der Waals surface area (Å²) in [6, 6.07) is 17.3. The summed E-state index contributed by atoms with van der Waals surface area (Å²) >= 11 is 3.70. The number of aryl methyl sites for hydroxylation is 2. The van der Waals surface area contributed by atoms with E-state index in [9.17, 15) is 87.4 Å². The highest BCUT2D eigenvalue weighted by molar-refractivity contribution is 9.08. The molecule has 0 aliphatic heterocycles. The summed E-state index contributed by atoms with van der Waals surface area (Å²) in [7, 11) is -4.81. The third-order valence-electron chi connectivity index (χ3n) is 8.77. The first-order valence-electron chi connectivity index (χ1n) is 16.4. The van der Waals surface area contributed by atoms with Crippen molar-refractivity contribution in [1.82, 2.24) is 0 Å². The maximum absolute atomic E-state index is 12.7. The van der Waals surface area contributed by atoms with Gasteiger partial charge in [0, 0.05) is 25.8 Å². The Hall–Kier alpha value is -2.47. The minimum atomic E-state index is -5.53. The van der Waals surface area contributed by atoms with Crippen LogP contribution in [0.4, 0.5) is 79.0 Å². The smallest absolute Gasteiger partial charge is 0.254 e. The van der Waals surface area contributed by atoms with Crippen molar-refractivity contribution < 1.29 is 87.4 Å². The number of halogens is 19. The van der Waals surface area contributed by atoms with E-state index < -0.39 is 92.2 Å². The Morgan fingerprint density at radius 3 is 0.983 bits per heavy atom. The van der Waals surface area contributed by atoms with Crippen molar-refractivity contribution in [3.8, 4) is 0 Å². The molecule has 0 radical (unpaired) electrons. The minimum Gasteiger partial charge on any atom is -0.254 e. The largest absolute Gasteiger partial charge is 0.403 e. The number of hydrogen-bond acceptors (Lipinski definition) is 3. The zero-order valence-corrected chi connectivity index (χ0v) is 35.5. The maximum Gasteiger partial charge on any atom is 0.403 e. The Balaban J connectivity index is 0.000000451. The third-order valence-corrected chi connectivity index (χ3v) is 14.0. The summed E-state index contributed by atoms with van der Waals surface area (Å²) in [5.41, 5.74) is -9.31. The van der Waals surface area contributed by atoms with Crippen LogP contribution in [-0.2, 0) is 26.9 Å². The van der Waals surface area contributed by atoms with E-state index in [1.807, 2.05) is 0 Å². The highest BCUT2D eigenvalue weighted by atomic mass is 79.9. The quantitative estimate of drug-likeness (QED) is 0.115. The lowest BCUT2D eigenvalue weighted by Gasteiger charge is -2.33. The van der Waals surface area contributed by atoms with Crippen LogP contribution in [-0.4, -0.2) is 62.7 Å². The first-order valence-corrected chi connectivity index (χ1v) is 21.1. The van der Waals surface area contributed by atoms with E-state index in [0.29, 0.717) is 22.0 Å². The molecule has 60 heavy (non-hydrogen) atoms. The maximum atomic E-state index is 12.7. The molecule has 0 amide bonds. The van der Waals surface area contributed by atoms with Gasteiger partial charge in [-0.25, -0.2) is 0 Å². The number of alkyl halides is 19. The first-order chi connectivity index (χ1) is 26.8. The van der Waals surface area contributed by atoms with Crippen molar-refractivity contribution in [2.75, 3.05) is 17.3 Å². The standard InChI is InChI=1S/C12H11BrF6OS.C12H12F6OS.C12H12F6S/c1-10(11(14,15)16,12(17,18)19)7-21(20)9-4-2-8(6-13)3-5-9;1-8-3-5-9(6-4-8)20(19)7-10(2,11(13,14)15)12(16,17)18;1-8-3-5-9(6-4-8)19-7-10(2,11(13,14)15)12(16,17)18/h2-5H,6-7H2,1H3;3-6H,7H2,1-2H3;3-6H,7H2,1-2H3. The predicted octanol–water partition coefficient (Wildman–Crippen LogP) is 14.3. The molecule has 24 heteroatoms. The molecule has 3 aromatic carbocycles. The monoisotopic (exact) mass is 1020 g/mol. The fourth-order valence-electron chi connectivity index (χ4n) is 3.95. The van der Waals surface area contributed by atoms with E-state index >= 15 is 0 Å². The molecule has 0 heterocycles. The zero-order chi connectivity index (χ0) is 47.1. The van der Waals surface area contributed by atoms with E-state index in [0.717, 1.165) is 16.7 Å². The molecule has 0 bridgehead atoms. The average molecular weight is 1020 g/mol. The van der Waals surface area contributed by atoms with Crippen LogP contribution in [0.25, 0.3) is 0 Å². The molecule has 2 atom stereocenters. The normalized spacial score (nSPS) is 14.7. The number of thioether (sulfide) groups is 1. The van der Waals surface area contributed by atoms with Gasteiger partial charge in [-0.15, -0.1) is 11.8 Å². The molecular weight excluding hydrogens is 982 g/mol. The summed E-state index contributed by atoms with van der Waals surface area (Å²) in [5, 5.41) is 0.475. The molecular formula is C36H35BrF18O2S3. The van der Waals surface area contributed by atoms with Gasteiger partial charge < -0.3 is 0 Å². The zero-order valence-electron chi connectivity index (χ0n) is 31.5. The molecule has 2 nitrogen and oxygen atoms in total. The molecule has 2 unspecified atom stereocenters. The number of rotatable bonds is 10. The van der Waals surface area contributed by atoms with E-state index in [-0.39, 0.29) is 30.6 Å². The van der Waals surface area contributed by atoms with Gasteiger partial charge in [-0.3, -0.25) is 8.42 Å². The fraction of sp³-hybridized carbons (Fsp3) is 0.500. The first kappa shape index (κ1) is 55.5. The Kier molecular flexibility index (Phi) is 18.8. The second-order valence-corrected chi connectivity index (χ2v) is 18.2. The van der Waals surface area contributed by atoms with Gasteiger partial charge in [0.25, 0.3) is 0 Å². The van der Waals surface area contributed by atoms with Gasteiger partial charge in [-0.2, -0.15) is 79.0 Å². The topological polar surface area (TPSA) is 34.1 Å². The fourth-order valence-corrected chi connectivity index (χ4v) is 8.35. The van der Waals surface area contributed by atoms with Crippen molar-refractivity contribution in [3.05, 3.63) is 89.5 Å². The lowest BCUT2D eigenvalue weighted by atomic mass is 9.92. The van der Waals surface area contributed by atoms with Crippen LogP contribution >= 0.6 is 27.7 Å². The van der Waals surface area contributed by atoms with Crippen molar-refractivity contribution in [1.29, 1.82) is 0 Å². The van der Waals surface area contributed by atoms with Crippen LogP contribution in [0.2, 0.25) is 0 Å². The SMILES string of the molecule is CC(CS(=O)c1ccc(CBr)cc1)(C(F)(F)F)C(F)(F)F.Cc1ccc(S(=O)CC(C)(C(F)(F)F)C(F)(F)F)cc1.Cc1ccc(SCC(C)(C(F)(F)F)C(F)(F)F)cc1. The van der Waals surface area contributed by atoms with Gasteiger partial charge in [0.05, 0.1) is 33.1 Å². The lowest BCUT2D eigenvalue weighted by Crippen LogP contribution is -2.51. The van der Waals surface area contributed by atoms with Crippen LogP contribution in [0, 0.1) is 30.1 Å². The highest BCUT2D eigenvalue weighted by Crippen LogP contribution is 2.53. The Morgan fingerprint density at radius 1 is 0.450 bits per heavy atom. The van der Waals surface area contributed by atoms with Gasteiger partial charge >= 0.3 is 37.1 Å². The summed E-state index contributed by atoms with van der Waals surface area (Å²) in [6.45, 7) is 3.72. The Labute approximate surface area is 350 Å². The van der Waals surface area contributed by atoms with Crippen molar-refractivity contribution >= 4 is 49.3 Å². The van der Waals surface area contributed by atoms with Crippen LogP contribution in [0.3, 0.4) is 0 Å². The van der Waals surface area contributed by atoms with Gasteiger partial charge in [0.2, 0.25) is 0 Å². The van der Waals surface area contributed by atoms with Gasteiger partial charge in [-0.1, -0.05) is 63.5 Å². The molecule has 3 rings (SSSR count). The van der Waals surface area contributed by atoms with Gasteiger partial charge in [-0.05, 0) is 76.6 Å². The van der Waals surface area contributed by atoms with Gasteiger partial charge in [0.15, 0.2) is 16.2 Å². The molecule has 342 valence electrons. The summed E-state index contributed by atoms with van der Waals surface area (Å²) in [4.78, 5) is 0.250. The van der Waals surface area contributed by atoms with Crippen LogP contribution in [0.1, 0.15) is 37.5 Å². The molecule has 0 aliphatic carbocycles. The molecule has 0 spiro atoms.